The first-order valence-corrected chi connectivity index (χ1v) is 7.81. The summed E-state index contributed by atoms with van der Waals surface area (Å²) >= 11 is 0. The van der Waals surface area contributed by atoms with Crippen LogP contribution in [0.4, 0.5) is 4.79 Å². The molecule has 0 radical (unpaired) electrons. The number of benzene rings is 1. The van der Waals surface area contributed by atoms with E-state index in [1.54, 1.807) is 13.8 Å². The molecule has 1 aliphatic rings. The van der Waals surface area contributed by atoms with Crippen molar-refractivity contribution in [1.82, 2.24) is 5.06 Å². The Balaban J connectivity index is 1.98. The minimum Gasteiger partial charge on any atom is -0.430 e. The largest absolute Gasteiger partial charge is 0.534 e. The van der Waals surface area contributed by atoms with E-state index in [2.05, 4.69) is 4.84 Å². The van der Waals surface area contributed by atoms with Gasteiger partial charge in [-0.2, -0.15) is 0 Å². The lowest BCUT2D eigenvalue weighted by molar-refractivity contribution is -0.233. The van der Waals surface area contributed by atoms with Gasteiger partial charge in [-0.25, -0.2) is 4.79 Å². The number of hydroxylamine groups is 2. The van der Waals surface area contributed by atoms with Gasteiger partial charge >= 0.3 is 6.16 Å². The van der Waals surface area contributed by atoms with Crippen LogP contribution < -0.4 is 0 Å². The molecule has 0 aliphatic carbocycles. The second-order valence-corrected chi connectivity index (χ2v) is 5.86. The maximum atomic E-state index is 11.8. The van der Waals surface area contributed by atoms with E-state index >= 15 is 0 Å². The molecule has 1 aromatic rings. The second kappa shape index (κ2) is 8.09. The van der Waals surface area contributed by atoms with Crippen molar-refractivity contribution in [3.8, 4) is 0 Å². The van der Waals surface area contributed by atoms with Crippen LogP contribution in [0.5, 0.6) is 0 Å². The zero-order valence-electron chi connectivity index (χ0n) is 14.4. The third-order valence-corrected chi connectivity index (χ3v) is 3.61. The summed E-state index contributed by atoms with van der Waals surface area (Å²) in [7, 11) is 1.50. The first kappa shape index (κ1) is 18.9. The molecule has 8 heteroatoms. The molecule has 0 N–H and O–H groups in total. The van der Waals surface area contributed by atoms with Gasteiger partial charge in [-0.15, -0.1) is 0 Å². The minimum atomic E-state index is -1.15. The van der Waals surface area contributed by atoms with Gasteiger partial charge in [0.1, 0.15) is 12.7 Å². The quantitative estimate of drug-likeness (QED) is 0.423. The molecule has 1 aromatic carbocycles. The van der Waals surface area contributed by atoms with Crippen molar-refractivity contribution < 1.29 is 33.4 Å². The zero-order valence-corrected chi connectivity index (χ0v) is 14.4. The molecule has 1 saturated heterocycles. The number of ether oxygens (including phenoxy) is 3. The van der Waals surface area contributed by atoms with Crippen LogP contribution in [-0.2, 0) is 28.6 Å². The van der Waals surface area contributed by atoms with Crippen molar-refractivity contribution in [3.05, 3.63) is 35.9 Å². The summed E-state index contributed by atoms with van der Waals surface area (Å²) in [4.78, 5) is 39.3. The van der Waals surface area contributed by atoms with Crippen molar-refractivity contribution in [2.75, 3.05) is 13.7 Å². The van der Waals surface area contributed by atoms with E-state index in [1.807, 2.05) is 30.3 Å². The van der Waals surface area contributed by atoms with E-state index in [0.29, 0.717) is 5.06 Å². The van der Waals surface area contributed by atoms with Gasteiger partial charge in [0.25, 0.3) is 11.8 Å². The van der Waals surface area contributed by atoms with E-state index in [1.165, 1.54) is 7.11 Å². The summed E-state index contributed by atoms with van der Waals surface area (Å²) in [5.74, 6) is -2.05. The Labute approximate surface area is 145 Å². The molecular weight excluding hydrogens is 330 g/mol. The lowest BCUT2D eigenvalue weighted by atomic mass is 10.1. The predicted octanol–water partition coefficient (Wildman–Crippen LogP) is 2.34. The number of amides is 2. The fourth-order valence-electron chi connectivity index (χ4n) is 2.16. The Bertz CT molecular complexity index is 613. The van der Waals surface area contributed by atoms with Crippen LogP contribution in [0.1, 0.15) is 38.4 Å². The van der Waals surface area contributed by atoms with E-state index < -0.39 is 29.9 Å². The van der Waals surface area contributed by atoms with Crippen molar-refractivity contribution in [1.29, 1.82) is 0 Å². The van der Waals surface area contributed by atoms with Gasteiger partial charge < -0.3 is 14.2 Å². The van der Waals surface area contributed by atoms with Crippen LogP contribution in [0, 0.1) is 0 Å². The lowest BCUT2D eigenvalue weighted by Crippen LogP contribution is -2.34. The van der Waals surface area contributed by atoms with Crippen LogP contribution in [0.15, 0.2) is 30.3 Å². The molecule has 2 amide bonds. The predicted molar refractivity (Wildman–Crippen MR) is 84.9 cm³/mol. The minimum absolute atomic E-state index is 0.0178. The van der Waals surface area contributed by atoms with Gasteiger partial charge in [0.15, 0.2) is 5.79 Å². The van der Waals surface area contributed by atoms with Gasteiger partial charge in [-0.1, -0.05) is 35.4 Å². The normalized spacial score (nSPS) is 16.0. The van der Waals surface area contributed by atoms with Crippen molar-refractivity contribution >= 4 is 18.0 Å². The van der Waals surface area contributed by atoms with Crippen LogP contribution in [0.2, 0.25) is 0 Å². The summed E-state index contributed by atoms with van der Waals surface area (Å²) in [6.45, 7) is 3.28. The molecule has 0 saturated carbocycles. The number of carbonyl (C=O) groups is 3. The van der Waals surface area contributed by atoms with Gasteiger partial charge in [0.2, 0.25) is 0 Å². The van der Waals surface area contributed by atoms with E-state index in [0.717, 1.165) is 5.56 Å². The van der Waals surface area contributed by atoms with Crippen LogP contribution in [0.3, 0.4) is 0 Å². The van der Waals surface area contributed by atoms with E-state index in [4.69, 9.17) is 14.2 Å². The molecule has 1 aliphatic heterocycles. The Morgan fingerprint density at radius 3 is 2.32 bits per heavy atom. The molecule has 2 rings (SSSR count). The van der Waals surface area contributed by atoms with Gasteiger partial charge in [0, 0.05) is 20.0 Å². The summed E-state index contributed by atoms with van der Waals surface area (Å²) < 4.78 is 16.1. The highest BCUT2D eigenvalue weighted by molar-refractivity contribution is 6.01. The second-order valence-electron chi connectivity index (χ2n) is 5.86. The van der Waals surface area contributed by atoms with Gasteiger partial charge in [0.05, 0.1) is 0 Å². The first-order chi connectivity index (χ1) is 11.8. The molecule has 0 bridgehead atoms. The highest BCUT2D eigenvalue weighted by Gasteiger charge is 2.34. The van der Waals surface area contributed by atoms with E-state index in [-0.39, 0.29) is 19.4 Å². The molecule has 1 atom stereocenters. The first-order valence-electron chi connectivity index (χ1n) is 7.81. The number of carbonyl (C=O) groups excluding carboxylic acids is 3. The summed E-state index contributed by atoms with van der Waals surface area (Å²) in [6, 6.07) is 9.13. The maximum Gasteiger partial charge on any atom is 0.534 e. The fraction of sp³-hybridized carbons (Fsp3) is 0.471. The molecule has 136 valence electrons. The zero-order chi connectivity index (χ0) is 18.4. The van der Waals surface area contributed by atoms with Crippen LogP contribution in [-0.4, -0.2) is 42.5 Å². The molecule has 1 fully saturated rings. The molecular formula is C17H21NO7. The molecule has 25 heavy (non-hydrogen) atoms. The van der Waals surface area contributed by atoms with Crippen LogP contribution in [0.25, 0.3) is 0 Å². The monoisotopic (exact) mass is 351 g/mol. The van der Waals surface area contributed by atoms with E-state index in [9.17, 15) is 14.4 Å². The highest BCUT2D eigenvalue weighted by Crippen LogP contribution is 2.25. The van der Waals surface area contributed by atoms with Crippen LogP contribution >= 0.6 is 0 Å². The number of hydrogen-bond acceptors (Lipinski definition) is 7. The van der Waals surface area contributed by atoms with Gasteiger partial charge in [-0.05, 0) is 19.4 Å². The number of nitrogens with zero attached hydrogens (tertiary/aromatic N) is 1. The SMILES string of the molecule is COC(C)(C)OC(COC(=O)ON1C(=O)CCC1=O)c1ccccc1. The summed E-state index contributed by atoms with van der Waals surface area (Å²) in [5.41, 5.74) is 0.772. The van der Waals surface area contributed by atoms with Crippen molar-refractivity contribution in [2.45, 2.75) is 38.6 Å². The number of rotatable bonds is 7. The standard InChI is InChI=1S/C17H21NO7/c1-17(2,22-3)24-13(12-7-5-4-6-8-12)11-23-16(21)25-18-14(19)9-10-15(18)20/h4-8,13H,9-11H2,1-3H3. The summed E-state index contributed by atoms with van der Waals surface area (Å²) in [5, 5.41) is 0.430. The average molecular weight is 351 g/mol. The molecule has 8 nitrogen and oxygen atoms in total. The number of methoxy groups -OCH3 is 1. The Morgan fingerprint density at radius 2 is 1.76 bits per heavy atom. The lowest BCUT2D eigenvalue weighted by Gasteiger charge is -2.29. The van der Waals surface area contributed by atoms with Crippen molar-refractivity contribution in [2.24, 2.45) is 0 Å². The highest BCUT2D eigenvalue weighted by atomic mass is 16.8. The third-order valence-electron chi connectivity index (χ3n) is 3.61. The fourth-order valence-corrected chi connectivity index (χ4v) is 2.16. The number of imide groups is 1. The maximum absolute atomic E-state index is 11.8. The Kier molecular flexibility index (Phi) is 6.11. The topological polar surface area (TPSA) is 91.4 Å². The number of hydrogen-bond donors (Lipinski definition) is 0. The Morgan fingerprint density at radius 1 is 1.16 bits per heavy atom. The smallest absolute Gasteiger partial charge is 0.430 e. The third kappa shape index (κ3) is 5.27. The molecule has 0 spiro atoms. The Hall–Kier alpha value is -2.45. The molecule has 0 aromatic heterocycles. The molecule has 1 heterocycles. The van der Waals surface area contributed by atoms with Crippen molar-refractivity contribution in [3.63, 3.8) is 0 Å². The summed E-state index contributed by atoms with van der Waals surface area (Å²) in [6.07, 6.45) is -1.73. The van der Waals surface area contributed by atoms with Gasteiger partial charge in [-0.3, -0.25) is 14.4 Å². The molecule has 1 unspecified atom stereocenters. The average Bonchev–Trinajstić information content (AvgIpc) is 2.91.